The summed E-state index contributed by atoms with van der Waals surface area (Å²) in [5, 5.41) is 4.15. The summed E-state index contributed by atoms with van der Waals surface area (Å²) in [6, 6.07) is 13.3. The molecule has 4 rings (SSSR count). The normalized spacial score (nSPS) is 16.2. The van der Waals surface area contributed by atoms with E-state index in [-0.39, 0.29) is 5.92 Å². The molecule has 6 nitrogen and oxygen atoms in total. The third-order valence-electron chi connectivity index (χ3n) is 5.68. The Hall–Kier alpha value is -2.51. The van der Waals surface area contributed by atoms with Crippen LogP contribution in [0.2, 0.25) is 0 Å². The Morgan fingerprint density at radius 3 is 2.31 bits per heavy atom. The Kier molecular flexibility index (Phi) is 5.27. The van der Waals surface area contributed by atoms with Crippen molar-refractivity contribution in [3.8, 4) is 11.5 Å². The summed E-state index contributed by atoms with van der Waals surface area (Å²) in [7, 11) is -3.48. The van der Waals surface area contributed by atoms with Gasteiger partial charge in [0.05, 0.1) is 4.90 Å². The van der Waals surface area contributed by atoms with Crippen molar-refractivity contribution in [3.05, 3.63) is 65.0 Å². The topological polar surface area (TPSA) is 76.3 Å². The van der Waals surface area contributed by atoms with E-state index in [4.69, 9.17) is 4.52 Å². The van der Waals surface area contributed by atoms with Crippen LogP contribution < -0.4 is 0 Å². The van der Waals surface area contributed by atoms with Gasteiger partial charge in [-0.3, -0.25) is 0 Å². The summed E-state index contributed by atoms with van der Waals surface area (Å²) in [4.78, 5) is 4.92. The van der Waals surface area contributed by atoms with Gasteiger partial charge in [-0.05, 0) is 69.0 Å². The van der Waals surface area contributed by atoms with Gasteiger partial charge >= 0.3 is 0 Å². The van der Waals surface area contributed by atoms with Gasteiger partial charge in [-0.2, -0.15) is 9.29 Å². The van der Waals surface area contributed by atoms with Crippen LogP contribution in [0.5, 0.6) is 0 Å². The van der Waals surface area contributed by atoms with E-state index in [1.807, 2.05) is 51.1 Å². The molecule has 0 aliphatic carbocycles. The number of hydrogen-bond donors (Lipinski definition) is 0. The molecule has 7 heteroatoms. The molecule has 1 aromatic heterocycles. The molecule has 0 radical (unpaired) electrons. The summed E-state index contributed by atoms with van der Waals surface area (Å²) in [5.41, 5.74) is 4.13. The molecular formula is C22H25N3O3S. The highest BCUT2D eigenvalue weighted by Crippen LogP contribution is 2.31. The summed E-state index contributed by atoms with van der Waals surface area (Å²) in [5.74, 6) is 1.26. The standard InChI is InChI=1S/C22H25N3O3S/c1-15-4-7-19(8-5-15)22-23-21(24-28-22)18-10-12-25(13-11-18)29(26,27)20-9-6-16(2)17(3)14-20/h4-9,14,18H,10-13H2,1-3H3. The third kappa shape index (κ3) is 3.97. The van der Waals surface area contributed by atoms with E-state index in [2.05, 4.69) is 10.1 Å². The number of piperidine rings is 1. The van der Waals surface area contributed by atoms with Crippen molar-refractivity contribution in [2.45, 2.75) is 44.4 Å². The SMILES string of the molecule is Cc1ccc(-c2nc(C3CCN(S(=O)(=O)c4ccc(C)c(C)c4)CC3)no2)cc1. The summed E-state index contributed by atoms with van der Waals surface area (Å²) in [6.45, 7) is 6.85. The van der Waals surface area contributed by atoms with Gasteiger partial charge in [-0.1, -0.05) is 28.9 Å². The highest BCUT2D eigenvalue weighted by Gasteiger charge is 2.32. The van der Waals surface area contributed by atoms with Crippen LogP contribution in [0, 0.1) is 20.8 Å². The van der Waals surface area contributed by atoms with Crippen LogP contribution in [-0.4, -0.2) is 36.0 Å². The first-order chi connectivity index (χ1) is 13.8. The molecule has 0 saturated carbocycles. The fourth-order valence-electron chi connectivity index (χ4n) is 3.59. The lowest BCUT2D eigenvalue weighted by atomic mass is 9.97. The number of sulfonamides is 1. The predicted octanol–water partition coefficient (Wildman–Crippen LogP) is 4.23. The van der Waals surface area contributed by atoms with E-state index in [1.165, 1.54) is 5.56 Å². The van der Waals surface area contributed by atoms with Crippen LogP contribution in [0.25, 0.3) is 11.5 Å². The molecule has 0 amide bonds. The number of hydrogen-bond acceptors (Lipinski definition) is 5. The summed E-state index contributed by atoms with van der Waals surface area (Å²) >= 11 is 0. The maximum absolute atomic E-state index is 13.0. The van der Waals surface area contributed by atoms with Crippen LogP contribution in [0.3, 0.4) is 0 Å². The lowest BCUT2D eigenvalue weighted by molar-refractivity contribution is 0.307. The summed E-state index contributed by atoms with van der Waals surface area (Å²) in [6.07, 6.45) is 1.36. The molecule has 29 heavy (non-hydrogen) atoms. The third-order valence-corrected chi connectivity index (χ3v) is 7.57. The van der Waals surface area contributed by atoms with Gasteiger partial charge in [-0.25, -0.2) is 8.42 Å². The smallest absolute Gasteiger partial charge is 0.257 e. The van der Waals surface area contributed by atoms with Gasteiger partial charge in [0, 0.05) is 24.6 Å². The lowest BCUT2D eigenvalue weighted by Crippen LogP contribution is -2.38. The number of rotatable bonds is 4. The van der Waals surface area contributed by atoms with Gasteiger partial charge in [0.1, 0.15) is 0 Å². The van der Waals surface area contributed by atoms with Gasteiger partial charge in [0.25, 0.3) is 5.89 Å². The van der Waals surface area contributed by atoms with E-state index in [0.717, 1.165) is 16.7 Å². The maximum Gasteiger partial charge on any atom is 0.257 e. The highest BCUT2D eigenvalue weighted by molar-refractivity contribution is 7.89. The van der Waals surface area contributed by atoms with Crippen molar-refractivity contribution in [3.63, 3.8) is 0 Å². The predicted molar refractivity (Wildman–Crippen MR) is 111 cm³/mol. The average molecular weight is 412 g/mol. The van der Waals surface area contributed by atoms with Crippen molar-refractivity contribution < 1.29 is 12.9 Å². The Bertz CT molecular complexity index is 1110. The van der Waals surface area contributed by atoms with Crippen LogP contribution >= 0.6 is 0 Å². The number of aromatic nitrogens is 2. The van der Waals surface area contributed by atoms with Gasteiger partial charge in [0.2, 0.25) is 10.0 Å². The molecule has 3 aromatic rings. The van der Waals surface area contributed by atoms with Crippen LogP contribution in [0.4, 0.5) is 0 Å². The van der Waals surface area contributed by atoms with Gasteiger partial charge in [0.15, 0.2) is 5.82 Å². The molecule has 2 heterocycles. The highest BCUT2D eigenvalue weighted by atomic mass is 32.2. The maximum atomic E-state index is 13.0. The van der Waals surface area contributed by atoms with E-state index in [9.17, 15) is 8.42 Å². The first kappa shape index (κ1) is 19.8. The van der Waals surface area contributed by atoms with E-state index < -0.39 is 10.0 Å². The molecule has 1 fully saturated rings. The molecule has 0 bridgehead atoms. The van der Waals surface area contributed by atoms with E-state index in [0.29, 0.717) is 42.5 Å². The zero-order chi connectivity index (χ0) is 20.6. The zero-order valence-corrected chi connectivity index (χ0v) is 17.7. The molecule has 0 N–H and O–H groups in total. The minimum atomic E-state index is -3.48. The Morgan fingerprint density at radius 1 is 0.966 bits per heavy atom. The number of aryl methyl sites for hydroxylation is 3. The van der Waals surface area contributed by atoms with Crippen molar-refractivity contribution in [2.24, 2.45) is 0 Å². The second kappa shape index (κ2) is 7.72. The van der Waals surface area contributed by atoms with E-state index in [1.54, 1.807) is 16.4 Å². The van der Waals surface area contributed by atoms with Crippen LogP contribution in [-0.2, 0) is 10.0 Å². The average Bonchev–Trinajstić information content (AvgIpc) is 3.21. The second-order valence-corrected chi connectivity index (χ2v) is 9.69. The largest absolute Gasteiger partial charge is 0.334 e. The number of nitrogens with zero attached hydrogens (tertiary/aromatic N) is 3. The fraction of sp³-hybridized carbons (Fsp3) is 0.364. The molecule has 0 spiro atoms. The van der Waals surface area contributed by atoms with Gasteiger partial charge in [-0.15, -0.1) is 0 Å². The Morgan fingerprint density at radius 2 is 1.66 bits per heavy atom. The van der Waals surface area contributed by atoms with Gasteiger partial charge < -0.3 is 4.52 Å². The second-order valence-electron chi connectivity index (χ2n) is 7.75. The van der Waals surface area contributed by atoms with Crippen molar-refractivity contribution >= 4 is 10.0 Å². The Balaban J connectivity index is 1.45. The first-order valence-electron chi connectivity index (χ1n) is 9.82. The zero-order valence-electron chi connectivity index (χ0n) is 16.9. The minimum Gasteiger partial charge on any atom is -0.334 e. The molecule has 1 saturated heterocycles. The van der Waals surface area contributed by atoms with Crippen molar-refractivity contribution in [2.75, 3.05) is 13.1 Å². The molecule has 2 aromatic carbocycles. The lowest BCUT2D eigenvalue weighted by Gasteiger charge is -2.29. The molecule has 1 aliphatic heterocycles. The van der Waals surface area contributed by atoms with Crippen molar-refractivity contribution in [1.82, 2.24) is 14.4 Å². The first-order valence-corrected chi connectivity index (χ1v) is 11.3. The molecule has 0 unspecified atom stereocenters. The fourth-order valence-corrected chi connectivity index (χ4v) is 5.15. The monoisotopic (exact) mass is 411 g/mol. The minimum absolute atomic E-state index is 0.101. The van der Waals surface area contributed by atoms with Crippen molar-refractivity contribution in [1.29, 1.82) is 0 Å². The van der Waals surface area contributed by atoms with E-state index >= 15 is 0 Å². The Labute approximate surface area is 171 Å². The molecule has 1 aliphatic rings. The molecular weight excluding hydrogens is 386 g/mol. The quantitative estimate of drug-likeness (QED) is 0.642. The van der Waals surface area contributed by atoms with Crippen LogP contribution in [0.15, 0.2) is 51.9 Å². The molecule has 0 atom stereocenters. The number of benzene rings is 2. The summed E-state index contributed by atoms with van der Waals surface area (Å²) < 4.78 is 33.0. The van der Waals surface area contributed by atoms with Crippen LogP contribution in [0.1, 0.15) is 41.3 Å². The molecule has 152 valence electrons.